The third-order valence-corrected chi connectivity index (χ3v) is 2.53. The fourth-order valence-electron chi connectivity index (χ4n) is 1.59. The summed E-state index contributed by atoms with van der Waals surface area (Å²) in [5.74, 6) is -0.304. The topological polar surface area (TPSA) is 23.5 Å². The van der Waals surface area contributed by atoms with Crippen molar-refractivity contribution < 1.29 is 9.50 Å². The predicted molar refractivity (Wildman–Crippen MR) is 65.1 cm³/mol. The van der Waals surface area contributed by atoms with Crippen LogP contribution in [-0.2, 0) is 0 Å². The molecule has 0 aliphatic rings. The molecule has 0 saturated heterocycles. The fourth-order valence-corrected chi connectivity index (χ4v) is 1.59. The highest BCUT2D eigenvalue weighted by Gasteiger charge is 2.11. The molecule has 0 heterocycles. The van der Waals surface area contributed by atoms with Crippen molar-refractivity contribution in [2.24, 2.45) is 0 Å². The van der Waals surface area contributed by atoms with Gasteiger partial charge in [0.25, 0.3) is 0 Å². The molecule has 88 valence electrons. The van der Waals surface area contributed by atoms with Gasteiger partial charge in [-0.2, -0.15) is 0 Å². The van der Waals surface area contributed by atoms with Gasteiger partial charge in [0.05, 0.1) is 11.8 Å². The number of benzene rings is 1. The number of rotatable bonds is 5. The van der Waals surface area contributed by atoms with E-state index in [0.717, 1.165) is 6.54 Å². The Bertz CT molecular complexity index is 363. The molecule has 1 rings (SSSR count). The van der Waals surface area contributed by atoms with Crippen LogP contribution < -0.4 is 4.90 Å². The standard InChI is InChI=1S/C13H18FNO/c1-4-8-15(5-2)13-7-6-11(10(3)16)9-12(13)14/h4,6-7,9-10,16H,1,5,8H2,2-3H3/t10-/m0/s1. The summed E-state index contributed by atoms with van der Waals surface area (Å²) in [4.78, 5) is 1.88. The molecule has 0 bridgehead atoms. The number of hydrogen-bond donors (Lipinski definition) is 1. The van der Waals surface area contributed by atoms with Crippen molar-refractivity contribution in [3.63, 3.8) is 0 Å². The van der Waals surface area contributed by atoms with E-state index in [0.29, 0.717) is 17.8 Å². The van der Waals surface area contributed by atoms with E-state index in [1.807, 2.05) is 11.8 Å². The Morgan fingerprint density at radius 2 is 2.25 bits per heavy atom. The van der Waals surface area contributed by atoms with Gasteiger partial charge in [0, 0.05) is 13.1 Å². The highest BCUT2D eigenvalue weighted by atomic mass is 19.1. The largest absolute Gasteiger partial charge is 0.389 e. The molecule has 16 heavy (non-hydrogen) atoms. The number of aliphatic hydroxyl groups excluding tert-OH is 1. The summed E-state index contributed by atoms with van der Waals surface area (Å²) in [5, 5.41) is 9.34. The molecule has 0 amide bonds. The van der Waals surface area contributed by atoms with Crippen molar-refractivity contribution >= 4 is 5.69 Å². The number of likely N-dealkylation sites (N-methyl/N-ethyl adjacent to an activating group) is 1. The van der Waals surface area contributed by atoms with E-state index in [9.17, 15) is 9.50 Å². The Labute approximate surface area is 96.0 Å². The molecule has 1 aromatic carbocycles. The van der Waals surface area contributed by atoms with E-state index >= 15 is 0 Å². The number of hydrogen-bond acceptors (Lipinski definition) is 2. The lowest BCUT2D eigenvalue weighted by molar-refractivity contribution is 0.199. The van der Waals surface area contributed by atoms with Crippen LogP contribution in [0.5, 0.6) is 0 Å². The fraction of sp³-hybridized carbons (Fsp3) is 0.385. The highest BCUT2D eigenvalue weighted by molar-refractivity contribution is 5.49. The molecule has 0 unspecified atom stereocenters. The molecule has 0 fully saturated rings. The summed E-state index contributed by atoms with van der Waals surface area (Å²) in [5.41, 5.74) is 1.14. The van der Waals surface area contributed by atoms with Gasteiger partial charge in [-0.3, -0.25) is 0 Å². The van der Waals surface area contributed by atoms with Crippen LogP contribution in [-0.4, -0.2) is 18.2 Å². The lowest BCUT2D eigenvalue weighted by Crippen LogP contribution is -2.23. The van der Waals surface area contributed by atoms with Gasteiger partial charge in [0.2, 0.25) is 0 Å². The first-order valence-corrected chi connectivity index (χ1v) is 5.43. The Morgan fingerprint density at radius 1 is 1.56 bits per heavy atom. The first-order valence-electron chi connectivity index (χ1n) is 5.43. The van der Waals surface area contributed by atoms with E-state index in [4.69, 9.17) is 0 Å². The Morgan fingerprint density at radius 3 is 2.69 bits per heavy atom. The number of anilines is 1. The van der Waals surface area contributed by atoms with Gasteiger partial charge in [-0.1, -0.05) is 12.1 Å². The third kappa shape index (κ3) is 2.83. The maximum absolute atomic E-state index is 13.8. The molecule has 0 spiro atoms. The summed E-state index contributed by atoms with van der Waals surface area (Å²) in [6.45, 7) is 8.56. The summed E-state index contributed by atoms with van der Waals surface area (Å²) < 4.78 is 13.8. The zero-order chi connectivity index (χ0) is 12.1. The van der Waals surface area contributed by atoms with Crippen LogP contribution in [0.3, 0.4) is 0 Å². The quantitative estimate of drug-likeness (QED) is 0.776. The zero-order valence-electron chi connectivity index (χ0n) is 9.78. The van der Waals surface area contributed by atoms with Crippen LogP contribution in [0.15, 0.2) is 30.9 Å². The van der Waals surface area contributed by atoms with E-state index in [-0.39, 0.29) is 5.82 Å². The third-order valence-electron chi connectivity index (χ3n) is 2.53. The molecule has 0 aromatic heterocycles. The van der Waals surface area contributed by atoms with Gasteiger partial charge < -0.3 is 10.0 Å². The first-order chi connectivity index (χ1) is 7.60. The lowest BCUT2D eigenvalue weighted by atomic mass is 10.1. The van der Waals surface area contributed by atoms with Crippen molar-refractivity contribution in [2.75, 3.05) is 18.0 Å². The molecule has 0 aliphatic carbocycles. The summed E-state index contributed by atoms with van der Waals surface area (Å²) in [6, 6.07) is 4.82. The minimum atomic E-state index is -0.641. The van der Waals surface area contributed by atoms with Crippen LogP contribution in [0.2, 0.25) is 0 Å². The van der Waals surface area contributed by atoms with Gasteiger partial charge >= 0.3 is 0 Å². The van der Waals surface area contributed by atoms with Crippen LogP contribution in [0.4, 0.5) is 10.1 Å². The van der Waals surface area contributed by atoms with E-state index in [2.05, 4.69) is 6.58 Å². The Hall–Kier alpha value is -1.35. The van der Waals surface area contributed by atoms with Crippen molar-refractivity contribution in [2.45, 2.75) is 20.0 Å². The summed E-state index contributed by atoms with van der Waals surface area (Å²) in [7, 11) is 0. The maximum Gasteiger partial charge on any atom is 0.146 e. The van der Waals surface area contributed by atoms with Crippen LogP contribution in [0.1, 0.15) is 25.5 Å². The van der Waals surface area contributed by atoms with Crippen molar-refractivity contribution in [1.29, 1.82) is 0 Å². The molecule has 0 radical (unpaired) electrons. The second kappa shape index (κ2) is 5.66. The van der Waals surface area contributed by atoms with Crippen LogP contribution >= 0.6 is 0 Å². The first kappa shape index (κ1) is 12.7. The minimum absolute atomic E-state index is 0.304. The molecule has 3 heteroatoms. The predicted octanol–water partition coefficient (Wildman–Crippen LogP) is 2.89. The van der Waals surface area contributed by atoms with E-state index in [1.54, 1.807) is 25.1 Å². The minimum Gasteiger partial charge on any atom is -0.389 e. The molecule has 1 atom stereocenters. The molecular weight excluding hydrogens is 205 g/mol. The molecule has 2 nitrogen and oxygen atoms in total. The van der Waals surface area contributed by atoms with Gasteiger partial charge in [0.1, 0.15) is 5.82 Å². The maximum atomic E-state index is 13.8. The van der Waals surface area contributed by atoms with Crippen LogP contribution in [0.25, 0.3) is 0 Å². The van der Waals surface area contributed by atoms with Crippen LogP contribution in [0, 0.1) is 5.82 Å². The monoisotopic (exact) mass is 223 g/mol. The SMILES string of the molecule is C=CCN(CC)c1ccc([C@H](C)O)cc1F. The van der Waals surface area contributed by atoms with Gasteiger partial charge in [-0.15, -0.1) is 6.58 Å². The Kier molecular flexibility index (Phi) is 4.50. The number of halogens is 1. The Balaban J connectivity index is 3.01. The van der Waals surface area contributed by atoms with Gasteiger partial charge in [-0.25, -0.2) is 4.39 Å². The van der Waals surface area contributed by atoms with Crippen molar-refractivity contribution in [3.8, 4) is 0 Å². The highest BCUT2D eigenvalue weighted by Crippen LogP contribution is 2.23. The number of nitrogens with zero attached hydrogens (tertiary/aromatic N) is 1. The second-order valence-corrected chi connectivity index (χ2v) is 3.71. The molecule has 1 aromatic rings. The van der Waals surface area contributed by atoms with E-state index in [1.165, 1.54) is 6.07 Å². The van der Waals surface area contributed by atoms with E-state index < -0.39 is 6.10 Å². The molecule has 1 N–H and O–H groups in total. The van der Waals surface area contributed by atoms with Crippen molar-refractivity contribution in [1.82, 2.24) is 0 Å². The lowest BCUT2D eigenvalue weighted by Gasteiger charge is -2.22. The zero-order valence-corrected chi connectivity index (χ0v) is 9.78. The summed E-state index contributed by atoms with van der Waals surface area (Å²) >= 11 is 0. The summed E-state index contributed by atoms with van der Waals surface area (Å²) in [6.07, 6.45) is 1.10. The normalized spacial score (nSPS) is 12.2. The average molecular weight is 223 g/mol. The molecule has 0 aliphatic heterocycles. The smallest absolute Gasteiger partial charge is 0.146 e. The second-order valence-electron chi connectivity index (χ2n) is 3.71. The molecule has 0 saturated carbocycles. The van der Waals surface area contributed by atoms with Crippen molar-refractivity contribution in [3.05, 3.63) is 42.2 Å². The molecular formula is C13H18FNO. The van der Waals surface area contributed by atoms with Gasteiger partial charge in [0.15, 0.2) is 0 Å². The number of aliphatic hydroxyl groups is 1. The average Bonchev–Trinajstić information content (AvgIpc) is 2.26. The van der Waals surface area contributed by atoms with Gasteiger partial charge in [-0.05, 0) is 31.5 Å².